The van der Waals surface area contributed by atoms with E-state index in [4.69, 9.17) is 5.26 Å². The Morgan fingerprint density at radius 3 is 2.55 bits per heavy atom. The second-order valence-corrected chi connectivity index (χ2v) is 5.65. The van der Waals surface area contributed by atoms with Crippen LogP contribution < -0.4 is 11.0 Å². The third kappa shape index (κ3) is 3.23. The number of hydrogen-bond acceptors (Lipinski definition) is 5. The summed E-state index contributed by atoms with van der Waals surface area (Å²) in [5, 5.41) is 13.3. The zero-order valence-corrected chi connectivity index (χ0v) is 12.9. The summed E-state index contributed by atoms with van der Waals surface area (Å²) < 4.78 is 1.30. The number of hydrazone groups is 1. The molecule has 0 spiro atoms. The Hall–Kier alpha value is -2.16. The lowest BCUT2D eigenvalue weighted by Gasteiger charge is -2.18. The first-order chi connectivity index (χ1) is 9.22. The standard InChI is InChI=1S/C14H21N5O/c1-7-11-10(8-15)12(20)19(6)13(16-11)18-17-9(2)14(3,4)5/h7H2,1-6H3,(H,16,18)/b17-9+. The molecule has 0 radical (unpaired) electrons. The topological polar surface area (TPSA) is 83.1 Å². The summed E-state index contributed by atoms with van der Waals surface area (Å²) in [6, 6.07) is 1.91. The van der Waals surface area contributed by atoms with Crippen molar-refractivity contribution in [2.24, 2.45) is 17.6 Å². The minimum Gasteiger partial charge on any atom is -0.279 e. The normalized spacial score (nSPS) is 12.2. The quantitative estimate of drug-likeness (QED) is 0.676. The molecule has 108 valence electrons. The molecule has 0 aromatic carbocycles. The zero-order valence-electron chi connectivity index (χ0n) is 12.9. The van der Waals surface area contributed by atoms with Crippen LogP contribution in [0.1, 0.15) is 45.9 Å². The number of anilines is 1. The molecule has 0 atom stereocenters. The molecule has 1 aromatic rings. The highest BCUT2D eigenvalue weighted by molar-refractivity contribution is 5.87. The van der Waals surface area contributed by atoms with Crippen LogP contribution in [0.3, 0.4) is 0 Å². The van der Waals surface area contributed by atoms with Gasteiger partial charge in [0.2, 0.25) is 5.95 Å². The molecule has 0 saturated heterocycles. The highest BCUT2D eigenvalue weighted by atomic mass is 16.1. The fraction of sp³-hybridized carbons (Fsp3) is 0.571. The minimum absolute atomic E-state index is 0.0634. The second-order valence-electron chi connectivity index (χ2n) is 5.65. The fourth-order valence-corrected chi connectivity index (χ4v) is 1.42. The van der Waals surface area contributed by atoms with Gasteiger partial charge in [-0.05, 0) is 13.3 Å². The molecule has 1 aromatic heterocycles. The summed E-state index contributed by atoms with van der Waals surface area (Å²) in [5.41, 5.74) is 3.88. The Kier molecular flexibility index (Phi) is 4.66. The van der Waals surface area contributed by atoms with E-state index in [0.29, 0.717) is 18.1 Å². The Balaban J connectivity index is 3.26. The van der Waals surface area contributed by atoms with Gasteiger partial charge in [-0.1, -0.05) is 27.7 Å². The summed E-state index contributed by atoms with van der Waals surface area (Å²) in [6.07, 6.45) is 0.523. The van der Waals surface area contributed by atoms with Crippen LogP contribution in [0.25, 0.3) is 0 Å². The molecule has 20 heavy (non-hydrogen) atoms. The van der Waals surface area contributed by atoms with Crippen molar-refractivity contribution in [2.45, 2.75) is 41.0 Å². The molecule has 0 aliphatic carbocycles. The molecule has 0 aliphatic heterocycles. The lowest BCUT2D eigenvalue weighted by atomic mass is 9.91. The van der Waals surface area contributed by atoms with Gasteiger partial charge in [-0.15, -0.1) is 0 Å². The van der Waals surface area contributed by atoms with Gasteiger partial charge >= 0.3 is 0 Å². The summed E-state index contributed by atoms with van der Waals surface area (Å²) >= 11 is 0. The molecule has 6 heteroatoms. The van der Waals surface area contributed by atoms with Crippen LogP contribution in [0, 0.1) is 16.7 Å². The number of aryl methyl sites for hydroxylation is 1. The van der Waals surface area contributed by atoms with Crippen molar-refractivity contribution in [3.8, 4) is 6.07 Å². The van der Waals surface area contributed by atoms with Gasteiger partial charge in [-0.2, -0.15) is 10.4 Å². The summed E-state index contributed by atoms with van der Waals surface area (Å²) in [4.78, 5) is 16.4. The minimum atomic E-state index is -0.356. The van der Waals surface area contributed by atoms with E-state index in [1.54, 1.807) is 7.05 Å². The molecular formula is C14H21N5O. The van der Waals surface area contributed by atoms with Crippen molar-refractivity contribution in [1.82, 2.24) is 9.55 Å². The molecule has 0 aliphatic rings. The highest BCUT2D eigenvalue weighted by Gasteiger charge is 2.16. The van der Waals surface area contributed by atoms with Gasteiger partial charge in [-0.3, -0.25) is 9.36 Å². The van der Waals surface area contributed by atoms with Crippen molar-refractivity contribution in [2.75, 3.05) is 5.43 Å². The second kappa shape index (κ2) is 5.87. The van der Waals surface area contributed by atoms with Gasteiger partial charge in [0.1, 0.15) is 11.6 Å². The number of hydrogen-bond donors (Lipinski definition) is 1. The first-order valence-electron chi connectivity index (χ1n) is 6.53. The number of aromatic nitrogens is 2. The van der Waals surface area contributed by atoms with Crippen molar-refractivity contribution < 1.29 is 0 Å². The lowest BCUT2D eigenvalue weighted by Crippen LogP contribution is -2.26. The van der Waals surface area contributed by atoms with Crippen LogP contribution >= 0.6 is 0 Å². The van der Waals surface area contributed by atoms with Gasteiger partial charge in [-0.25, -0.2) is 10.4 Å². The molecule has 1 rings (SSSR count). The van der Waals surface area contributed by atoms with E-state index >= 15 is 0 Å². The van der Waals surface area contributed by atoms with Gasteiger partial charge in [0, 0.05) is 18.2 Å². The van der Waals surface area contributed by atoms with Crippen molar-refractivity contribution in [3.63, 3.8) is 0 Å². The molecular weight excluding hydrogens is 254 g/mol. The molecule has 6 nitrogen and oxygen atoms in total. The van der Waals surface area contributed by atoms with E-state index in [1.165, 1.54) is 4.57 Å². The first kappa shape index (κ1) is 15.9. The first-order valence-corrected chi connectivity index (χ1v) is 6.53. The smallest absolute Gasteiger partial charge is 0.272 e. The van der Waals surface area contributed by atoms with Gasteiger partial charge in [0.15, 0.2) is 0 Å². The van der Waals surface area contributed by atoms with Crippen molar-refractivity contribution in [3.05, 3.63) is 21.6 Å². The van der Waals surface area contributed by atoms with E-state index in [0.717, 1.165) is 5.71 Å². The Morgan fingerprint density at radius 2 is 2.10 bits per heavy atom. The van der Waals surface area contributed by atoms with E-state index in [9.17, 15) is 4.79 Å². The number of nitrogens with zero attached hydrogens (tertiary/aromatic N) is 4. The van der Waals surface area contributed by atoms with Crippen molar-refractivity contribution >= 4 is 11.7 Å². The summed E-state index contributed by atoms with van der Waals surface area (Å²) in [7, 11) is 1.57. The monoisotopic (exact) mass is 275 g/mol. The van der Waals surface area contributed by atoms with Crippen LogP contribution in [-0.4, -0.2) is 15.3 Å². The molecule has 0 unspecified atom stereocenters. The Labute approximate surface area is 119 Å². The maximum absolute atomic E-state index is 12.1. The number of nitriles is 1. The van der Waals surface area contributed by atoms with Gasteiger partial charge in [0.05, 0.1) is 5.69 Å². The number of nitrogens with one attached hydrogen (secondary N) is 1. The Bertz CT molecular complexity index is 629. The lowest BCUT2D eigenvalue weighted by molar-refractivity contribution is 0.586. The molecule has 0 saturated carbocycles. The predicted octanol–water partition coefficient (Wildman–Crippen LogP) is 2.05. The van der Waals surface area contributed by atoms with E-state index in [1.807, 2.05) is 19.9 Å². The van der Waals surface area contributed by atoms with E-state index in [2.05, 4.69) is 36.3 Å². The summed E-state index contributed by atoms with van der Waals surface area (Å²) in [5.74, 6) is 0.342. The van der Waals surface area contributed by atoms with Gasteiger partial charge < -0.3 is 0 Å². The molecule has 0 amide bonds. The molecule has 1 N–H and O–H groups in total. The SMILES string of the molecule is CCc1nc(N/N=C(\C)C(C)(C)C)n(C)c(=O)c1C#N. The average molecular weight is 275 g/mol. The van der Waals surface area contributed by atoms with Crippen LogP contribution in [0.4, 0.5) is 5.95 Å². The third-order valence-corrected chi connectivity index (χ3v) is 3.22. The highest BCUT2D eigenvalue weighted by Crippen LogP contribution is 2.16. The fourth-order valence-electron chi connectivity index (χ4n) is 1.42. The predicted molar refractivity (Wildman–Crippen MR) is 79.8 cm³/mol. The zero-order chi connectivity index (χ0) is 15.5. The summed E-state index contributed by atoms with van der Waals surface area (Å²) in [6.45, 7) is 9.92. The van der Waals surface area contributed by atoms with Gasteiger partial charge in [0.25, 0.3) is 5.56 Å². The maximum atomic E-state index is 12.1. The van der Waals surface area contributed by atoms with E-state index < -0.39 is 0 Å². The van der Waals surface area contributed by atoms with E-state index in [-0.39, 0.29) is 16.5 Å². The largest absolute Gasteiger partial charge is 0.279 e. The molecule has 1 heterocycles. The van der Waals surface area contributed by atoms with Crippen LogP contribution in [0.2, 0.25) is 0 Å². The van der Waals surface area contributed by atoms with Crippen molar-refractivity contribution in [1.29, 1.82) is 5.26 Å². The maximum Gasteiger partial charge on any atom is 0.272 e. The number of rotatable bonds is 3. The molecule has 0 bridgehead atoms. The van der Waals surface area contributed by atoms with Crippen LogP contribution in [0.5, 0.6) is 0 Å². The van der Waals surface area contributed by atoms with Crippen LogP contribution in [0.15, 0.2) is 9.90 Å². The Morgan fingerprint density at radius 1 is 1.50 bits per heavy atom. The molecule has 0 fully saturated rings. The van der Waals surface area contributed by atoms with Crippen LogP contribution in [-0.2, 0) is 13.5 Å². The average Bonchev–Trinajstić information content (AvgIpc) is 2.38. The third-order valence-electron chi connectivity index (χ3n) is 3.22.